The summed E-state index contributed by atoms with van der Waals surface area (Å²) < 4.78 is 24.7. The van der Waals surface area contributed by atoms with Gasteiger partial charge in [-0.2, -0.15) is 0 Å². The lowest BCUT2D eigenvalue weighted by Crippen LogP contribution is -2.41. The lowest BCUT2D eigenvalue weighted by atomic mass is 9.84. The molecule has 2 heterocycles. The maximum absolute atomic E-state index is 12.2. The molecule has 1 amide bonds. The Kier molecular flexibility index (Phi) is 5.44. The van der Waals surface area contributed by atoms with E-state index in [4.69, 9.17) is 0 Å². The average Bonchev–Trinajstić information content (AvgIpc) is 2.95. The topological polar surface area (TPSA) is 94.0 Å². The number of nitrogens with zero attached hydrogens (tertiary/aromatic N) is 3. The highest BCUT2D eigenvalue weighted by Gasteiger charge is 2.33. The first kappa shape index (κ1) is 17.9. The van der Waals surface area contributed by atoms with Crippen LogP contribution in [-0.2, 0) is 16.4 Å². The molecule has 0 aliphatic carbocycles. The lowest BCUT2D eigenvalue weighted by molar-refractivity contribution is 0.0925. The molecule has 1 aliphatic rings. The van der Waals surface area contributed by atoms with Gasteiger partial charge in [0.25, 0.3) is 5.91 Å². The summed E-state index contributed by atoms with van der Waals surface area (Å²) in [4.78, 5) is 12.2. The number of aromatic nitrogens is 3. The SMILES string of the molecule is CC(C)CCn1cc(C(=O)NCC2(C)CCS(=O)(=O)CC2)nn1. The largest absolute Gasteiger partial charge is 0.350 e. The van der Waals surface area contributed by atoms with Gasteiger partial charge in [-0.25, -0.2) is 8.42 Å². The Balaban J connectivity index is 1.85. The molecule has 1 aromatic heterocycles. The molecule has 2 rings (SSSR count). The van der Waals surface area contributed by atoms with Gasteiger partial charge in [-0.3, -0.25) is 9.48 Å². The van der Waals surface area contributed by atoms with E-state index in [2.05, 4.69) is 29.5 Å². The van der Waals surface area contributed by atoms with E-state index in [0.717, 1.165) is 13.0 Å². The van der Waals surface area contributed by atoms with Gasteiger partial charge in [0.1, 0.15) is 9.84 Å². The smallest absolute Gasteiger partial charge is 0.273 e. The summed E-state index contributed by atoms with van der Waals surface area (Å²) in [5, 5.41) is 10.7. The second-order valence-corrected chi connectivity index (χ2v) is 9.50. The zero-order valence-corrected chi connectivity index (χ0v) is 14.9. The van der Waals surface area contributed by atoms with E-state index in [9.17, 15) is 13.2 Å². The maximum atomic E-state index is 12.2. The lowest BCUT2D eigenvalue weighted by Gasteiger charge is -2.33. The van der Waals surface area contributed by atoms with Crippen molar-refractivity contribution in [3.8, 4) is 0 Å². The molecule has 0 bridgehead atoms. The predicted molar refractivity (Wildman–Crippen MR) is 87.8 cm³/mol. The molecular weight excluding hydrogens is 316 g/mol. The number of hydrogen-bond acceptors (Lipinski definition) is 5. The highest BCUT2D eigenvalue weighted by atomic mass is 32.2. The van der Waals surface area contributed by atoms with Gasteiger partial charge < -0.3 is 5.32 Å². The summed E-state index contributed by atoms with van der Waals surface area (Å²) in [7, 11) is -2.89. The molecule has 130 valence electrons. The average molecular weight is 342 g/mol. The molecule has 0 saturated carbocycles. The van der Waals surface area contributed by atoms with Crippen molar-refractivity contribution in [1.29, 1.82) is 0 Å². The van der Waals surface area contributed by atoms with Crippen molar-refractivity contribution in [2.75, 3.05) is 18.1 Å². The van der Waals surface area contributed by atoms with Crippen LogP contribution in [0.4, 0.5) is 0 Å². The second-order valence-electron chi connectivity index (χ2n) is 7.19. The van der Waals surface area contributed by atoms with Gasteiger partial charge >= 0.3 is 0 Å². The fourth-order valence-electron chi connectivity index (χ4n) is 2.49. The van der Waals surface area contributed by atoms with Crippen molar-refractivity contribution in [2.24, 2.45) is 11.3 Å². The number of aryl methyl sites for hydroxylation is 1. The van der Waals surface area contributed by atoms with Crippen molar-refractivity contribution < 1.29 is 13.2 Å². The Morgan fingerprint density at radius 1 is 1.39 bits per heavy atom. The molecule has 1 saturated heterocycles. The molecule has 1 fully saturated rings. The zero-order valence-electron chi connectivity index (χ0n) is 14.1. The summed E-state index contributed by atoms with van der Waals surface area (Å²) in [5.74, 6) is 0.713. The van der Waals surface area contributed by atoms with E-state index in [1.807, 2.05) is 6.92 Å². The number of sulfone groups is 1. The molecule has 0 unspecified atom stereocenters. The standard InChI is InChI=1S/C15H26N4O3S/c1-12(2)4-7-19-10-13(17-18-19)14(20)16-11-15(3)5-8-23(21,22)9-6-15/h10,12H,4-9,11H2,1-3H3,(H,16,20). The summed E-state index contributed by atoms with van der Waals surface area (Å²) >= 11 is 0. The minimum absolute atomic E-state index is 0.172. The Hall–Kier alpha value is -1.44. The molecule has 1 aliphatic heterocycles. The number of amides is 1. The Bertz CT molecular complexity index is 637. The highest BCUT2D eigenvalue weighted by molar-refractivity contribution is 7.91. The van der Waals surface area contributed by atoms with Crippen LogP contribution in [0, 0.1) is 11.3 Å². The minimum Gasteiger partial charge on any atom is -0.350 e. The number of rotatable bonds is 6. The van der Waals surface area contributed by atoms with Gasteiger partial charge in [0.2, 0.25) is 0 Å². The van der Waals surface area contributed by atoms with Crippen LogP contribution in [0.1, 0.15) is 50.5 Å². The first-order valence-corrected chi connectivity index (χ1v) is 9.90. The van der Waals surface area contributed by atoms with Crippen LogP contribution in [0.3, 0.4) is 0 Å². The van der Waals surface area contributed by atoms with Gasteiger partial charge in [0, 0.05) is 13.1 Å². The second kappa shape index (κ2) is 6.98. The molecule has 8 heteroatoms. The van der Waals surface area contributed by atoms with Crippen molar-refractivity contribution in [2.45, 2.75) is 46.6 Å². The summed E-state index contributed by atoms with van der Waals surface area (Å²) in [6.07, 6.45) is 3.80. The van der Waals surface area contributed by atoms with Crippen LogP contribution in [0.25, 0.3) is 0 Å². The highest BCUT2D eigenvalue weighted by Crippen LogP contribution is 2.31. The van der Waals surface area contributed by atoms with Crippen LogP contribution in [0.2, 0.25) is 0 Å². The summed E-state index contributed by atoms with van der Waals surface area (Å²) in [6.45, 7) is 7.49. The molecule has 23 heavy (non-hydrogen) atoms. The van der Waals surface area contributed by atoms with Crippen molar-refractivity contribution in [1.82, 2.24) is 20.3 Å². The first-order valence-electron chi connectivity index (χ1n) is 8.08. The molecule has 1 N–H and O–H groups in total. The third kappa shape index (κ3) is 5.30. The first-order chi connectivity index (χ1) is 10.7. The molecular formula is C15H26N4O3S. The Morgan fingerprint density at radius 3 is 2.65 bits per heavy atom. The maximum Gasteiger partial charge on any atom is 0.273 e. The van der Waals surface area contributed by atoms with E-state index in [0.29, 0.717) is 31.0 Å². The van der Waals surface area contributed by atoms with Gasteiger partial charge in [-0.15, -0.1) is 5.10 Å². The van der Waals surface area contributed by atoms with Crippen molar-refractivity contribution in [3.05, 3.63) is 11.9 Å². The quantitative estimate of drug-likeness (QED) is 0.840. The van der Waals surface area contributed by atoms with Gasteiger partial charge in [-0.05, 0) is 30.6 Å². The number of nitrogens with one attached hydrogen (secondary N) is 1. The Morgan fingerprint density at radius 2 is 2.04 bits per heavy atom. The van der Waals surface area contributed by atoms with Crippen LogP contribution >= 0.6 is 0 Å². The van der Waals surface area contributed by atoms with E-state index in [1.54, 1.807) is 10.9 Å². The monoisotopic (exact) mass is 342 g/mol. The molecule has 1 aromatic rings. The van der Waals surface area contributed by atoms with Gasteiger partial charge in [0.15, 0.2) is 5.69 Å². The van der Waals surface area contributed by atoms with Crippen LogP contribution in [-0.4, -0.2) is 47.4 Å². The molecule has 0 spiro atoms. The Labute approximate surface area is 137 Å². The number of carbonyl (C=O) groups excluding carboxylic acids is 1. The zero-order chi connectivity index (χ0) is 17.1. The fourth-order valence-corrected chi connectivity index (χ4v) is 4.31. The minimum atomic E-state index is -2.89. The number of carbonyl (C=O) groups is 1. The van der Waals surface area contributed by atoms with Crippen molar-refractivity contribution in [3.63, 3.8) is 0 Å². The summed E-state index contributed by atoms with van der Waals surface area (Å²) in [6, 6.07) is 0. The summed E-state index contributed by atoms with van der Waals surface area (Å²) in [5.41, 5.74) is 0.134. The fraction of sp³-hybridized carbons (Fsp3) is 0.800. The normalized spacial score (nSPS) is 19.7. The van der Waals surface area contributed by atoms with E-state index in [-0.39, 0.29) is 22.8 Å². The van der Waals surface area contributed by atoms with Gasteiger partial charge in [0.05, 0.1) is 17.7 Å². The predicted octanol–water partition coefficient (Wildman–Crippen LogP) is 1.27. The van der Waals surface area contributed by atoms with Crippen LogP contribution in [0.5, 0.6) is 0 Å². The molecule has 7 nitrogen and oxygen atoms in total. The molecule has 0 aromatic carbocycles. The van der Waals surface area contributed by atoms with Crippen LogP contribution in [0.15, 0.2) is 6.20 Å². The van der Waals surface area contributed by atoms with E-state index < -0.39 is 9.84 Å². The third-order valence-electron chi connectivity index (χ3n) is 4.42. The van der Waals surface area contributed by atoms with Crippen LogP contribution < -0.4 is 5.32 Å². The number of hydrogen-bond donors (Lipinski definition) is 1. The van der Waals surface area contributed by atoms with E-state index >= 15 is 0 Å². The van der Waals surface area contributed by atoms with Crippen molar-refractivity contribution >= 4 is 15.7 Å². The van der Waals surface area contributed by atoms with Gasteiger partial charge in [-0.1, -0.05) is 26.0 Å². The molecule has 0 radical (unpaired) electrons. The third-order valence-corrected chi connectivity index (χ3v) is 6.07. The molecule has 0 atom stereocenters. The van der Waals surface area contributed by atoms with E-state index in [1.165, 1.54) is 0 Å².